The van der Waals surface area contributed by atoms with Crippen molar-refractivity contribution < 1.29 is 9.66 Å². The Morgan fingerprint density at radius 1 is 1.53 bits per heavy atom. The molecule has 1 atom stereocenters. The minimum absolute atomic E-state index is 0.0121. The van der Waals surface area contributed by atoms with Crippen LogP contribution in [-0.4, -0.2) is 23.1 Å². The minimum atomic E-state index is -0.450. The number of rotatable bonds is 5. The van der Waals surface area contributed by atoms with Crippen LogP contribution in [0.3, 0.4) is 0 Å². The quantitative estimate of drug-likeness (QED) is 0.621. The van der Waals surface area contributed by atoms with Crippen LogP contribution in [0, 0.1) is 16.0 Å². The fourth-order valence-electron chi connectivity index (χ4n) is 1.36. The molecule has 1 unspecified atom stereocenters. The lowest BCUT2D eigenvalue weighted by molar-refractivity contribution is -0.386. The second-order valence-corrected chi connectivity index (χ2v) is 4.19. The van der Waals surface area contributed by atoms with E-state index in [1.165, 1.54) is 19.2 Å². The van der Waals surface area contributed by atoms with Gasteiger partial charge in [0, 0.05) is 24.6 Å². The highest BCUT2D eigenvalue weighted by molar-refractivity contribution is 5.38. The fraction of sp³-hybridized carbons (Fsp3) is 0.545. The smallest absolute Gasteiger partial charge is 0.291 e. The van der Waals surface area contributed by atoms with E-state index in [0.717, 1.165) is 0 Å². The van der Waals surface area contributed by atoms with Crippen molar-refractivity contribution in [3.8, 4) is 5.88 Å². The van der Waals surface area contributed by atoms with Gasteiger partial charge in [0.15, 0.2) is 0 Å². The first kappa shape index (κ1) is 13.4. The summed E-state index contributed by atoms with van der Waals surface area (Å²) in [6.45, 7) is 3.94. The number of nitrogens with two attached hydrogens (primary N) is 1. The van der Waals surface area contributed by atoms with Crippen molar-refractivity contribution in [1.29, 1.82) is 0 Å². The second kappa shape index (κ2) is 5.58. The molecule has 94 valence electrons. The zero-order valence-electron chi connectivity index (χ0n) is 10.2. The van der Waals surface area contributed by atoms with E-state index in [-0.39, 0.29) is 17.6 Å². The number of nitrogens with zero attached hydrogens (tertiary/aromatic N) is 2. The van der Waals surface area contributed by atoms with Gasteiger partial charge in [0.25, 0.3) is 5.69 Å². The number of hydrogen-bond acceptors (Lipinski definition) is 5. The molecule has 0 aliphatic heterocycles. The molecule has 0 saturated heterocycles. The van der Waals surface area contributed by atoms with Gasteiger partial charge in [-0.15, -0.1) is 0 Å². The van der Waals surface area contributed by atoms with E-state index in [2.05, 4.69) is 4.98 Å². The van der Waals surface area contributed by atoms with Crippen LogP contribution in [0.2, 0.25) is 0 Å². The Morgan fingerprint density at radius 3 is 2.65 bits per heavy atom. The largest absolute Gasteiger partial charge is 0.481 e. The van der Waals surface area contributed by atoms with Crippen LogP contribution in [0.25, 0.3) is 0 Å². The molecule has 1 rings (SSSR count). The first-order valence-corrected chi connectivity index (χ1v) is 5.39. The Labute approximate surface area is 99.9 Å². The average molecular weight is 239 g/mol. The zero-order chi connectivity index (χ0) is 13.0. The lowest BCUT2D eigenvalue weighted by Gasteiger charge is -2.15. The van der Waals surface area contributed by atoms with Gasteiger partial charge in [-0.1, -0.05) is 13.8 Å². The summed E-state index contributed by atoms with van der Waals surface area (Å²) in [6, 6.07) is 2.71. The average Bonchev–Trinajstić information content (AvgIpc) is 2.28. The molecule has 0 aliphatic rings. The van der Waals surface area contributed by atoms with Crippen LogP contribution >= 0.6 is 0 Å². The number of pyridine rings is 1. The number of aromatic nitrogens is 1. The molecule has 6 nitrogen and oxygen atoms in total. The van der Waals surface area contributed by atoms with Gasteiger partial charge in [-0.25, -0.2) is 4.98 Å². The fourth-order valence-corrected chi connectivity index (χ4v) is 1.36. The van der Waals surface area contributed by atoms with Crippen LogP contribution in [-0.2, 0) is 6.42 Å². The zero-order valence-corrected chi connectivity index (χ0v) is 10.2. The Bertz CT molecular complexity index is 407. The highest BCUT2D eigenvalue weighted by atomic mass is 16.6. The normalized spacial score (nSPS) is 12.5. The van der Waals surface area contributed by atoms with Crippen molar-refractivity contribution in [2.24, 2.45) is 11.7 Å². The molecule has 0 radical (unpaired) electrons. The van der Waals surface area contributed by atoms with Crippen molar-refractivity contribution in [3.63, 3.8) is 0 Å². The predicted molar refractivity (Wildman–Crippen MR) is 64.0 cm³/mol. The van der Waals surface area contributed by atoms with E-state index in [4.69, 9.17) is 10.5 Å². The molecule has 0 aromatic carbocycles. The standard InChI is InChI=1S/C11H17N3O3/c1-7(2)8(12)6-9-10(14(15)16)4-5-11(13-9)17-3/h4-5,7-8H,6,12H2,1-3H3. The summed E-state index contributed by atoms with van der Waals surface area (Å²) in [5.74, 6) is 0.601. The van der Waals surface area contributed by atoms with E-state index < -0.39 is 4.92 Å². The molecule has 0 fully saturated rings. The van der Waals surface area contributed by atoms with Gasteiger partial charge in [0.2, 0.25) is 5.88 Å². The Hall–Kier alpha value is -1.69. The number of nitro groups is 1. The topological polar surface area (TPSA) is 91.3 Å². The minimum Gasteiger partial charge on any atom is -0.481 e. The Kier molecular flexibility index (Phi) is 4.39. The molecule has 1 aromatic heterocycles. The summed E-state index contributed by atoms with van der Waals surface area (Å²) in [4.78, 5) is 14.5. The summed E-state index contributed by atoms with van der Waals surface area (Å²) >= 11 is 0. The van der Waals surface area contributed by atoms with E-state index >= 15 is 0 Å². The third-order valence-electron chi connectivity index (χ3n) is 2.62. The van der Waals surface area contributed by atoms with Gasteiger partial charge < -0.3 is 10.5 Å². The maximum Gasteiger partial charge on any atom is 0.291 e. The molecule has 1 heterocycles. The second-order valence-electron chi connectivity index (χ2n) is 4.19. The van der Waals surface area contributed by atoms with Crippen LogP contribution in [0.1, 0.15) is 19.5 Å². The molecule has 6 heteroatoms. The lowest BCUT2D eigenvalue weighted by Crippen LogP contribution is -2.29. The van der Waals surface area contributed by atoms with Crippen molar-refractivity contribution in [2.75, 3.05) is 7.11 Å². The third-order valence-corrected chi connectivity index (χ3v) is 2.62. The van der Waals surface area contributed by atoms with Crippen molar-refractivity contribution in [1.82, 2.24) is 4.98 Å². The van der Waals surface area contributed by atoms with E-state index in [9.17, 15) is 10.1 Å². The number of methoxy groups -OCH3 is 1. The van der Waals surface area contributed by atoms with Gasteiger partial charge in [-0.05, 0) is 5.92 Å². The summed E-state index contributed by atoms with van der Waals surface area (Å²) in [5.41, 5.74) is 6.26. The molecular formula is C11H17N3O3. The molecule has 0 amide bonds. The third kappa shape index (κ3) is 3.39. The maximum absolute atomic E-state index is 10.9. The van der Waals surface area contributed by atoms with E-state index in [1.807, 2.05) is 13.8 Å². The predicted octanol–water partition coefficient (Wildman–Crippen LogP) is 1.52. The summed E-state index contributed by atoms with van der Waals surface area (Å²) < 4.78 is 4.96. The lowest BCUT2D eigenvalue weighted by atomic mass is 9.99. The van der Waals surface area contributed by atoms with Gasteiger partial charge >= 0.3 is 0 Å². The molecule has 0 aliphatic carbocycles. The SMILES string of the molecule is COc1ccc([N+](=O)[O-])c(CC(N)C(C)C)n1. The molecule has 2 N–H and O–H groups in total. The number of hydrogen-bond donors (Lipinski definition) is 1. The van der Waals surface area contributed by atoms with Crippen LogP contribution in [0.5, 0.6) is 5.88 Å². The highest BCUT2D eigenvalue weighted by Crippen LogP contribution is 2.22. The first-order chi connectivity index (χ1) is 7.95. The van der Waals surface area contributed by atoms with E-state index in [1.54, 1.807) is 0 Å². The van der Waals surface area contributed by atoms with Gasteiger partial charge in [-0.2, -0.15) is 0 Å². The molecule has 1 aromatic rings. The first-order valence-electron chi connectivity index (χ1n) is 5.39. The molecule has 0 saturated carbocycles. The number of ether oxygens (including phenoxy) is 1. The summed E-state index contributed by atoms with van der Waals surface area (Å²) in [7, 11) is 1.47. The Morgan fingerprint density at radius 2 is 2.18 bits per heavy atom. The monoisotopic (exact) mass is 239 g/mol. The van der Waals surface area contributed by atoms with E-state index in [0.29, 0.717) is 18.0 Å². The molecule has 17 heavy (non-hydrogen) atoms. The van der Waals surface area contributed by atoms with Crippen molar-refractivity contribution in [3.05, 3.63) is 27.9 Å². The summed E-state index contributed by atoms with van der Waals surface area (Å²) in [6.07, 6.45) is 0.366. The van der Waals surface area contributed by atoms with Crippen LogP contribution < -0.4 is 10.5 Å². The van der Waals surface area contributed by atoms with Gasteiger partial charge in [0.05, 0.1) is 12.0 Å². The van der Waals surface area contributed by atoms with Crippen LogP contribution in [0.15, 0.2) is 12.1 Å². The Balaban J connectivity index is 3.05. The summed E-state index contributed by atoms with van der Waals surface area (Å²) in [5, 5.41) is 10.9. The van der Waals surface area contributed by atoms with Crippen LogP contribution in [0.4, 0.5) is 5.69 Å². The maximum atomic E-state index is 10.9. The molecule has 0 bridgehead atoms. The highest BCUT2D eigenvalue weighted by Gasteiger charge is 2.20. The molecular weight excluding hydrogens is 222 g/mol. The molecule has 0 spiro atoms. The van der Waals surface area contributed by atoms with Crippen molar-refractivity contribution in [2.45, 2.75) is 26.3 Å². The van der Waals surface area contributed by atoms with Gasteiger partial charge in [0.1, 0.15) is 5.69 Å². The van der Waals surface area contributed by atoms with Crippen molar-refractivity contribution >= 4 is 5.69 Å². The van der Waals surface area contributed by atoms with Gasteiger partial charge in [-0.3, -0.25) is 10.1 Å².